The number of nitro groups is 1. The van der Waals surface area contributed by atoms with Gasteiger partial charge in [0.2, 0.25) is 6.10 Å². The Morgan fingerprint density at radius 2 is 1.83 bits per heavy atom. The smallest absolute Gasteiger partial charge is 0.352 e. The number of benzene rings is 2. The van der Waals surface area contributed by atoms with Crippen molar-refractivity contribution in [3.8, 4) is 0 Å². The predicted molar refractivity (Wildman–Crippen MR) is 84.3 cm³/mol. The van der Waals surface area contributed by atoms with E-state index in [4.69, 9.17) is 9.47 Å². The lowest BCUT2D eigenvalue weighted by molar-refractivity contribution is -0.385. The minimum atomic E-state index is -1.38. The van der Waals surface area contributed by atoms with Gasteiger partial charge in [0.1, 0.15) is 0 Å². The second kappa shape index (κ2) is 7.87. The van der Waals surface area contributed by atoms with Gasteiger partial charge >= 0.3 is 11.9 Å². The first-order valence-corrected chi connectivity index (χ1v) is 7.20. The van der Waals surface area contributed by atoms with Crippen LogP contribution >= 0.6 is 0 Å². The molecule has 0 saturated carbocycles. The lowest BCUT2D eigenvalue weighted by Crippen LogP contribution is -2.22. The Morgan fingerprint density at radius 3 is 2.46 bits per heavy atom. The lowest BCUT2D eigenvalue weighted by Gasteiger charge is -2.16. The van der Waals surface area contributed by atoms with Crippen molar-refractivity contribution in [3.05, 3.63) is 75.8 Å². The third-order valence-corrected chi connectivity index (χ3v) is 3.12. The average molecular weight is 329 g/mol. The van der Waals surface area contributed by atoms with E-state index < -0.39 is 23.0 Å². The van der Waals surface area contributed by atoms with Crippen LogP contribution in [0.25, 0.3) is 0 Å². The number of hydrogen-bond donors (Lipinski definition) is 0. The third-order valence-electron chi connectivity index (χ3n) is 3.12. The Balaban J connectivity index is 2.31. The molecule has 0 amide bonds. The van der Waals surface area contributed by atoms with Crippen LogP contribution in [-0.4, -0.2) is 23.5 Å². The zero-order chi connectivity index (χ0) is 17.5. The van der Waals surface area contributed by atoms with E-state index in [0.717, 1.165) is 0 Å². The molecule has 124 valence electrons. The molecule has 0 radical (unpaired) electrons. The van der Waals surface area contributed by atoms with E-state index in [2.05, 4.69) is 0 Å². The Hall–Kier alpha value is -3.22. The van der Waals surface area contributed by atoms with Crippen LogP contribution in [0.1, 0.15) is 28.9 Å². The maximum atomic E-state index is 12.2. The lowest BCUT2D eigenvalue weighted by atomic mass is 10.1. The SMILES string of the molecule is CCOC(=O)C(OC(=O)c1ccccc1)c1cccc([N+](=O)[O-])c1. The summed E-state index contributed by atoms with van der Waals surface area (Å²) in [7, 11) is 0. The molecule has 24 heavy (non-hydrogen) atoms. The van der Waals surface area contributed by atoms with E-state index in [9.17, 15) is 19.7 Å². The highest BCUT2D eigenvalue weighted by Gasteiger charge is 2.28. The molecule has 0 aliphatic rings. The van der Waals surface area contributed by atoms with Crippen molar-refractivity contribution >= 4 is 17.6 Å². The topological polar surface area (TPSA) is 95.7 Å². The Labute approximate surface area is 138 Å². The molecule has 0 aliphatic carbocycles. The van der Waals surface area contributed by atoms with Gasteiger partial charge in [0.05, 0.1) is 17.1 Å². The number of nitrogens with zero attached hydrogens (tertiary/aromatic N) is 1. The molecule has 0 aromatic heterocycles. The molecule has 7 nitrogen and oxygen atoms in total. The molecule has 1 atom stereocenters. The number of esters is 2. The molecule has 1 unspecified atom stereocenters. The van der Waals surface area contributed by atoms with Gasteiger partial charge in [-0.3, -0.25) is 10.1 Å². The Morgan fingerprint density at radius 1 is 1.12 bits per heavy atom. The zero-order valence-electron chi connectivity index (χ0n) is 12.9. The van der Waals surface area contributed by atoms with E-state index in [-0.39, 0.29) is 23.4 Å². The summed E-state index contributed by atoms with van der Waals surface area (Å²) in [6.07, 6.45) is -1.38. The van der Waals surface area contributed by atoms with Crippen molar-refractivity contribution < 1.29 is 24.0 Å². The first-order valence-electron chi connectivity index (χ1n) is 7.20. The summed E-state index contributed by atoms with van der Waals surface area (Å²) < 4.78 is 10.1. The van der Waals surface area contributed by atoms with Crippen molar-refractivity contribution in [2.75, 3.05) is 6.61 Å². The number of rotatable bonds is 6. The number of hydrogen-bond acceptors (Lipinski definition) is 6. The Bertz CT molecular complexity index is 744. The fourth-order valence-corrected chi connectivity index (χ4v) is 2.02. The normalized spacial score (nSPS) is 11.4. The first kappa shape index (κ1) is 17.1. The van der Waals surface area contributed by atoms with Crippen molar-refractivity contribution in [1.29, 1.82) is 0 Å². The molecule has 0 heterocycles. The van der Waals surface area contributed by atoms with Crippen LogP contribution < -0.4 is 0 Å². The highest BCUT2D eigenvalue weighted by Crippen LogP contribution is 2.24. The monoisotopic (exact) mass is 329 g/mol. The summed E-state index contributed by atoms with van der Waals surface area (Å²) in [4.78, 5) is 34.6. The van der Waals surface area contributed by atoms with Crippen molar-refractivity contribution in [1.82, 2.24) is 0 Å². The molecule has 0 aliphatic heterocycles. The Kier molecular flexibility index (Phi) is 5.62. The van der Waals surface area contributed by atoms with Crippen LogP contribution in [0.15, 0.2) is 54.6 Å². The number of non-ortho nitro benzene ring substituents is 1. The van der Waals surface area contributed by atoms with Crippen molar-refractivity contribution in [3.63, 3.8) is 0 Å². The fourth-order valence-electron chi connectivity index (χ4n) is 2.02. The maximum Gasteiger partial charge on any atom is 0.352 e. The van der Waals surface area contributed by atoms with Gasteiger partial charge in [0, 0.05) is 17.7 Å². The predicted octanol–water partition coefficient (Wildman–Crippen LogP) is 3.06. The third kappa shape index (κ3) is 4.16. The summed E-state index contributed by atoms with van der Waals surface area (Å²) in [5.41, 5.74) is 0.224. The highest BCUT2D eigenvalue weighted by atomic mass is 16.6. The molecular formula is C17H15NO6. The van der Waals surface area contributed by atoms with E-state index in [1.807, 2.05) is 0 Å². The van der Waals surface area contributed by atoms with Crippen molar-refractivity contribution in [2.45, 2.75) is 13.0 Å². The van der Waals surface area contributed by atoms with Crippen LogP contribution in [0, 0.1) is 10.1 Å². The summed E-state index contributed by atoms with van der Waals surface area (Å²) >= 11 is 0. The largest absolute Gasteiger partial charge is 0.463 e. The van der Waals surface area contributed by atoms with Crippen LogP contribution in [0.3, 0.4) is 0 Å². The molecule has 0 bridgehead atoms. The minimum Gasteiger partial charge on any atom is -0.463 e. The number of carbonyl (C=O) groups is 2. The van der Waals surface area contributed by atoms with Crippen LogP contribution in [0.5, 0.6) is 0 Å². The van der Waals surface area contributed by atoms with Crippen molar-refractivity contribution in [2.24, 2.45) is 0 Å². The molecule has 0 spiro atoms. The molecule has 7 heteroatoms. The van der Waals surface area contributed by atoms with Crippen LogP contribution in [0.4, 0.5) is 5.69 Å². The molecular weight excluding hydrogens is 314 g/mol. The maximum absolute atomic E-state index is 12.2. The molecule has 0 fully saturated rings. The van der Waals surface area contributed by atoms with Crippen LogP contribution in [-0.2, 0) is 14.3 Å². The molecule has 0 N–H and O–H groups in total. The second-order valence-corrected chi connectivity index (χ2v) is 4.76. The van der Waals surface area contributed by atoms with Gasteiger partial charge in [0.25, 0.3) is 5.69 Å². The van der Waals surface area contributed by atoms with Gasteiger partial charge < -0.3 is 9.47 Å². The summed E-state index contributed by atoms with van der Waals surface area (Å²) in [6, 6.07) is 13.5. The standard InChI is InChI=1S/C17H15NO6/c1-2-23-17(20)15(13-9-6-10-14(11-13)18(21)22)24-16(19)12-7-4-3-5-8-12/h3-11,15H,2H2,1H3. The second-order valence-electron chi connectivity index (χ2n) is 4.76. The van der Waals surface area contributed by atoms with E-state index in [1.165, 1.54) is 36.4 Å². The number of nitro benzene ring substituents is 1. The van der Waals surface area contributed by atoms with Gasteiger partial charge in [-0.15, -0.1) is 0 Å². The molecule has 0 saturated heterocycles. The summed E-state index contributed by atoms with van der Waals surface area (Å²) in [6.45, 7) is 1.70. The first-order chi connectivity index (χ1) is 11.5. The van der Waals surface area contributed by atoms with E-state index >= 15 is 0 Å². The van der Waals surface area contributed by atoms with Gasteiger partial charge in [-0.05, 0) is 19.1 Å². The van der Waals surface area contributed by atoms with Gasteiger partial charge in [0.15, 0.2) is 0 Å². The van der Waals surface area contributed by atoms with E-state index in [0.29, 0.717) is 0 Å². The number of carbonyl (C=O) groups excluding carboxylic acids is 2. The minimum absolute atomic E-state index is 0.0904. The van der Waals surface area contributed by atoms with Gasteiger partial charge in [-0.25, -0.2) is 9.59 Å². The summed E-state index contributed by atoms with van der Waals surface area (Å²) in [5, 5.41) is 10.9. The van der Waals surface area contributed by atoms with Crippen LogP contribution in [0.2, 0.25) is 0 Å². The quantitative estimate of drug-likeness (QED) is 0.459. The van der Waals surface area contributed by atoms with Gasteiger partial charge in [-0.1, -0.05) is 30.3 Å². The zero-order valence-corrected chi connectivity index (χ0v) is 12.9. The van der Waals surface area contributed by atoms with Gasteiger partial charge in [-0.2, -0.15) is 0 Å². The molecule has 2 rings (SSSR count). The molecule has 2 aromatic carbocycles. The molecule has 2 aromatic rings. The fraction of sp³-hybridized carbons (Fsp3) is 0.176. The average Bonchev–Trinajstić information content (AvgIpc) is 2.60. The number of ether oxygens (including phenoxy) is 2. The highest BCUT2D eigenvalue weighted by molar-refractivity contribution is 5.91. The van der Waals surface area contributed by atoms with E-state index in [1.54, 1.807) is 25.1 Å². The summed E-state index contributed by atoms with van der Waals surface area (Å²) in [5.74, 6) is -1.51.